The number of carbonyl (C=O) groups is 1. The summed E-state index contributed by atoms with van der Waals surface area (Å²) in [7, 11) is 0. The van der Waals surface area contributed by atoms with Gasteiger partial charge >= 0.3 is 12.8 Å². The molecule has 2 bridgehead atoms. The predicted molar refractivity (Wildman–Crippen MR) is 132 cm³/mol. The molecule has 0 saturated heterocycles. The number of amides is 1. The highest BCUT2D eigenvalue weighted by atomic mass is 19.4. The Labute approximate surface area is 217 Å². The lowest BCUT2D eigenvalue weighted by Crippen LogP contribution is -2.60. The molecule has 0 radical (unpaired) electrons. The van der Waals surface area contributed by atoms with Crippen LogP contribution in [-0.2, 0) is 4.79 Å². The third kappa shape index (κ3) is 5.12. The normalized spacial score (nSPS) is 30.7. The van der Waals surface area contributed by atoms with E-state index in [0.29, 0.717) is 17.8 Å². The van der Waals surface area contributed by atoms with E-state index in [9.17, 15) is 31.9 Å². The monoisotopic (exact) mass is 538 g/mol. The van der Waals surface area contributed by atoms with Gasteiger partial charge in [0.1, 0.15) is 5.75 Å². The summed E-state index contributed by atoms with van der Waals surface area (Å²) in [6.45, 7) is -2.57. The lowest BCUT2D eigenvalue weighted by atomic mass is 9.57. The Morgan fingerprint density at radius 3 is 2.16 bits per heavy atom. The number of hydrogen-bond donors (Lipinski definition) is 2. The standard InChI is InChI=1S/C28H31F5N2O3/c29-24(30)38-22-6-4-18(5-7-22)19-2-1-3-21(14-19)35(17-25-8-11-26(34,12-9-25)13-10-25)23(36)20-15-27(37,16-20)28(31,32)33/h1-7,14,20,24,37H,8-13,15-17,34H2/t20-,25?,26?,27+. The summed E-state index contributed by atoms with van der Waals surface area (Å²) in [6.07, 6.45) is -1.03. The molecule has 2 aromatic carbocycles. The lowest BCUT2D eigenvalue weighted by Gasteiger charge is -2.54. The van der Waals surface area contributed by atoms with Gasteiger partial charge in [-0.3, -0.25) is 4.79 Å². The molecular weight excluding hydrogens is 507 g/mol. The first kappa shape index (κ1) is 26.9. The Morgan fingerprint density at radius 2 is 1.61 bits per heavy atom. The molecule has 0 atom stereocenters. The number of carbonyl (C=O) groups excluding carboxylic acids is 1. The Hall–Kier alpha value is -2.72. The van der Waals surface area contributed by atoms with Crippen LogP contribution < -0.4 is 15.4 Å². The van der Waals surface area contributed by atoms with E-state index < -0.39 is 43.1 Å². The molecule has 206 valence electrons. The SMILES string of the molecule is NC12CCC(CN(c3cccc(-c4ccc(OC(F)F)cc4)c3)C(=O)[C@H]3C[C@](O)(C(F)(F)F)C3)(CC1)CC2. The van der Waals surface area contributed by atoms with Gasteiger partial charge in [0.05, 0.1) is 0 Å². The van der Waals surface area contributed by atoms with E-state index in [1.807, 2.05) is 6.07 Å². The summed E-state index contributed by atoms with van der Waals surface area (Å²) in [5.41, 5.74) is 5.26. The van der Waals surface area contributed by atoms with E-state index >= 15 is 0 Å². The van der Waals surface area contributed by atoms with E-state index in [4.69, 9.17) is 5.73 Å². The van der Waals surface area contributed by atoms with Crippen molar-refractivity contribution >= 4 is 11.6 Å². The zero-order valence-corrected chi connectivity index (χ0v) is 20.8. The fourth-order valence-electron chi connectivity index (χ4n) is 6.23. The number of alkyl halides is 5. The van der Waals surface area contributed by atoms with Crippen molar-refractivity contribution in [3.05, 3.63) is 48.5 Å². The first-order valence-corrected chi connectivity index (χ1v) is 12.9. The van der Waals surface area contributed by atoms with Gasteiger partial charge in [0, 0.05) is 23.7 Å². The maximum atomic E-state index is 13.7. The van der Waals surface area contributed by atoms with E-state index in [2.05, 4.69) is 4.74 Å². The first-order valence-electron chi connectivity index (χ1n) is 12.9. The second-order valence-corrected chi connectivity index (χ2v) is 11.4. The average Bonchev–Trinajstić information content (AvgIpc) is 2.85. The number of hydrogen-bond acceptors (Lipinski definition) is 4. The van der Waals surface area contributed by atoms with Crippen LogP contribution in [0.25, 0.3) is 11.1 Å². The zero-order valence-electron chi connectivity index (χ0n) is 20.8. The van der Waals surface area contributed by atoms with Crippen LogP contribution in [-0.4, -0.2) is 41.5 Å². The lowest BCUT2D eigenvalue weighted by molar-refractivity contribution is -0.295. The molecule has 1 amide bonds. The predicted octanol–water partition coefficient (Wildman–Crippen LogP) is 6.04. The van der Waals surface area contributed by atoms with Crippen molar-refractivity contribution in [1.29, 1.82) is 0 Å². The third-order valence-electron chi connectivity index (χ3n) is 8.83. The number of anilines is 1. The van der Waals surface area contributed by atoms with Crippen LogP contribution in [0.5, 0.6) is 5.75 Å². The van der Waals surface area contributed by atoms with Gasteiger partial charge in [-0.25, -0.2) is 0 Å². The maximum Gasteiger partial charge on any atom is 0.417 e. The minimum Gasteiger partial charge on any atom is -0.435 e. The molecule has 3 N–H and O–H groups in total. The van der Waals surface area contributed by atoms with Gasteiger partial charge in [0.2, 0.25) is 5.91 Å². The molecule has 10 heteroatoms. The van der Waals surface area contributed by atoms with E-state index in [1.54, 1.807) is 35.2 Å². The summed E-state index contributed by atoms with van der Waals surface area (Å²) in [4.78, 5) is 15.3. The topological polar surface area (TPSA) is 75.8 Å². The minimum atomic E-state index is -4.79. The molecule has 0 unspecified atom stereocenters. The maximum absolute atomic E-state index is 13.7. The summed E-state index contributed by atoms with van der Waals surface area (Å²) in [6, 6.07) is 13.2. The fourth-order valence-corrected chi connectivity index (χ4v) is 6.23. The molecule has 4 aliphatic carbocycles. The molecule has 4 fully saturated rings. The van der Waals surface area contributed by atoms with Gasteiger partial charge in [-0.1, -0.05) is 24.3 Å². The van der Waals surface area contributed by atoms with Crippen LogP contribution in [0, 0.1) is 11.3 Å². The Morgan fingerprint density at radius 1 is 1.00 bits per heavy atom. The molecular formula is C28H31F5N2O3. The molecule has 0 aliphatic heterocycles. The molecule has 4 aliphatic rings. The summed E-state index contributed by atoms with van der Waals surface area (Å²) in [5, 5.41) is 9.97. The number of rotatable bonds is 7. The number of nitrogens with two attached hydrogens (primary N) is 1. The van der Waals surface area contributed by atoms with Crippen molar-refractivity contribution in [3.63, 3.8) is 0 Å². The molecule has 38 heavy (non-hydrogen) atoms. The highest BCUT2D eigenvalue weighted by Gasteiger charge is 2.63. The highest BCUT2D eigenvalue weighted by molar-refractivity contribution is 5.96. The van der Waals surface area contributed by atoms with E-state index in [0.717, 1.165) is 44.1 Å². The number of benzene rings is 2. The number of halogens is 5. The largest absolute Gasteiger partial charge is 0.435 e. The van der Waals surface area contributed by atoms with Crippen LogP contribution in [0.3, 0.4) is 0 Å². The Bertz CT molecular complexity index is 1150. The van der Waals surface area contributed by atoms with Crippen molar-refractivity contribution in [2.45, 2.75) is 75.3 Å². The smallest absolute Gasteiger partial charge is 0.417 e. The van der Waals surface area contributed by atoms with E-state index in [1.165, 1.54) is 12.1 Å². The Kier molecular flexibility index (Phi) is 6.70. The van der Waals surface area contributed by atoms with Gasteiger partial charge in [-0.05, 0) is 92.2 Å². The van der Waals surface area contributed by atoms with Crippen molar-refractivity contribution in [1.82, 2.24) is 0 Å². The summed E-state index contributed by atoms with van der Waals surface area (Å²) >= 11 is 0. The van der Waals surface area contributed by atoms with Gasteiger partial charge in [0.25, 0.3) is 0 Å². The highest BCUT2D eigenvalue weighted by Crippen LogP contribution is 2.53. The molecule has 4 saturated carbocycles. The molecule has 0 spiro atoms. The number of ether oxygens (including phenoxy) is 1. The van der Waals surface area contributed by atoms with Gasteiger partial charge in [-0.2, -0.15) is 22.0 Å². The Balaban J connectivity index is 1.42. The first-order chi connectivity index (χ1) is 17.8. The number of fused-ring (bicyclic) bond motifs is 3. The molecule has 5 nitrogen and oxygen atoms in total. The second-order valence-electron chi connectivity index (χ2n) is 11.4. The van der Waals surface area contributed by atoms with Crippen molar-refractivity contribution < 1.29 is 36.6 Å². The molecule has 0 heterocycles. The second kappa shape index (κ2) is 9.48. The van der Waals surface area contributed by atoms with Crippen LogP contribution >= 0.6 is 0 Å². The van der Waals surface area contributed by atoms with Gasteiger partial charge in [-0.15, -0.1) is 0 Å². The van der Waals surface area contributed by atoms with Crippen LogP contribution in [0.1, 0.15) is 51.4 Å². The zero-order chi connectivity index (χ0) is 27.3. The quantitative estimate of drug-likeness (QED) is 0.422. The average molecular weight is 539 g/mol. The summed E-state index contributed by atoms with van der Waals surface area (Å²) < 4.78 is 69.3. The van der Waals surface area contributed by atoms with Crippen molar-refractivity contribution in [2.24, 2.45) is 17.1 Å². The minimum absolute atomic E-state index is 0.0171. The van der Waals surface area contributed by atoms with Crippen LogP contribution in [0.15, 0.2) is 48.5 Å². The van der Waals surface area contributed by atoms with Gasteiger partial charge < -0.3 is 20.5 Å². The number of nitrogens with zero attached hydrogens (tertiary/aromatic N) is 1. The molecule has 0 aromatic heterocycles. The number of aliphatic hydroxyl groups is 1. The van der Waals surface area contributed by atoms with Crippen molar-refractivity contribution in [3.8, 4) is 16.9 Å². The van der Waals surface area contributed by atoms with E-state index in [-0.39, 0.29) is 16.7 Å². The van der Waals surface area contributed by atoms with Gasteiger partial charge in [0.15, 0.2) is 5.60 Å². The van der Waals surface area contributed by atoms with Crippen LogP contribution in [0.2, 0.25) is 0 Å². The fraction of sp³-hybridized carbons (Fsp3) is 0.536. The molecule has 6 rings (SSSR count). The molecule has 2 aromatic rings. The third-order valence-corrected chi connectivity index (χ3v) is 8.83. The van der Waals surface area contributed by atoms with Crippen LogP contribution in [0.4, 0.5) is 27.6 Å². The van der Waals surface area contributed by atoms with Crippen molar-refractivity contribution in [2.75, 3.05) is 11.4 Å². The summed E-state index contributed by atoms with van der Waals surface area (Å²) in [5.74, 6) is -1.35.